The van der Waals surface area contributed by atoms with Gasteiger partial charge in [-0.2, -0.15) is 11.8 Å². The normalized spacial score (nSPS) is 12.5. The Bertz CT molecular complexity index is 483. The molecule has 1 aliphatic heterocycles. The number of hydrogen-bond acceptors (Lipinski definition) is 5. The van der Waals surface area contributed by atoms with Gasteiger partial charge in [0.05, 0.1) is 12.7 Å². The van der Waals surface area contributed by atoms with Crippen LogP contribution in [0.3, 0.4) is 0 Å². The summed E-state index contributed by atoms with van der Waals surface area (Å²) in [7, 11) is 3.57. The Balaban J connectivity index is -0.000000221. The van der Waals surface area contributed by atoms with Crippen molar-refractivity contribution in [2.75, 3.05) is 39.8 Å². The minimum Gasteiger partial charge on any atom is -0.465 e. The lowest BCUT2D eigenvalue weighted by atomic mass is 9.89. The van der Waals surface area contributed by atoms with Crippen LogP contribution in [0.1, 0.15) is 76.7 Å². The minimum atomic E-state index is -0.361. The van der Waals surface area contributed by atoms with Gasteiger partial charge in [-0.1, -0.05) is 47.3 Å². The molecule has 2 rings (SSSR count). The molecule has 0 N–H and O–H groups in total. The lowest BCUT2D eigenvalue weighted by Gasteiger charge is -2.29. The molecule has 0 bridgehead atoms. The highest BCUT2D eigenvalue weighted by Gasteiger charge is 2.18. The Morgan fingerprint density at radius 3 is 1.69 bits per heavy atom. The molecule has 1 aliphatic rings. The van der Waals surface area contributed by atoms with Gasteiger partial charge in [0.2, 0.25) is 5.24 Å². The molecule has 1 saturated heterocycles. The van der Waals surface area contributed by atoms with Crippen LogP contribution in [0.2, 0.25) is 0 Å². The van der Waals surface area contributed by atoms with Gasteiger partial charge in [-0.3, -0.25) is 4.79 Å². The van der Waals surface area contributed by atoms with Gasteiger partial charge in [0, 0.05) is 6.92 Å². The topological polar surface area (TPSA) is 46.6 Å². The maximum atomic E-state index is 11.3. The molecule has 0 atom stereocenters. The zero-order valence-electron chi connectivity index (χ0n) is 19.2. The Labute approximate surface area is 189 Å². The fourth-order valence-corrected chi connectivity index (χ4v) is 2.35. The number of methoxy groups -OCH3 is 1. The van der Waals surface area contributed by atoms with Crippen LogP contribution in [0.4, 0.5) is 0 Å². The van der Waals surface area contributed by atoms with E-state index in [1.54, 1.807) is 11.8 Å². The van der Waals surface area contributed by atoms with Crippen LogP contribution in [0, 0.1) is 0 Å². The predicted octanol–water partition coefficient (Wildman–Crippen LogP) is 6.72. The number of ether oxygens (including phenoxy) is 1. The van der Waals surface area contributed by atoms with Gasteiger partial charge in [0.25, 0.3) is 0 Å². The predicted molar refractivity (Wildman–Crippen MR) is 133 cm³/mol. The van der Waals surface area contributed by atoms with E-state index in [0.717, 1.165) is 13.1 Å². The summed E-state index contributed by atoms with van der Waals surface area (Å²) in [6.45, 7) is 11.6. The van der Waals surface area contributed by atoms with Crippen LogP contribution >= 0.6 is 23.4 Å². The van der Waals surface area contributed by atoms with Gasteiger partial charge in [-0.25, -0.2) is 4.79 Å². The number of thioether (sulfide) groups is 1. The SMILES string of the molecule is C.CC.CC.CC(=O)Cl.COC(=O)c1ccc(C2CCN(C)CC2)cc1.CSC. The number of halogens is 1. The van der Waals surface area contributed by atoms with Gasteiger partial charge >= 0.3 is 5.97 Å². The monoisotopic (exact) mass is 449 g/mol. The van der Waals surface area contributed by atoms with Crippen molar-refractivity contribution in [1.82, 2.24) is 4.90 Å². The van der Waals surface area contributed by atoms with Crippen LogP contribution in [0.25, 0.3) is 0 Å². The third kappa shape index (κ3) is 20.0. The second kappa shape index (κ2) is 25.0. The summed E-state index contributed by atoms with van der Waals surface area (Å²) in [5.74, 6) is 0.373. The number of nitrogens with zero attached hydrogens (tertiary/aromatic N) is 1. The van der Waals surface area contributed by atoms with Gasteiger partial charge in [0.15, 0.2) is 0 Å². The van der Waals surface area contributed by atoms with Crippen molar-refractivity contribution in [1.29, 1.82) is 0 Å². The van der Waals surface area contributed by atoms with Crippen LogP contribution in [0.5, 0.6) is 0 Å². The maximum Gasteiger partial charge on any atom is 0.337 e. The molecule has 0 unspecified atom stereocenters. The van der Waals surface area contributed by atoms with Crippen molar-refractivity contribution >= 4 is 34.6 Å². The number of likely N-dealkylation sites (tertiary alicyclic amines) is 1. The second-order valence-corrected chi connectivity index (χ2v) is 6.92. The van der Waals surface area contributed by atoms with Crippen molar-refractivity contribution < 1.29 is 14.3 Å². The number of piperidine rings is 1. The summed E-state index contributed by atoms with van der Waals surface area (Å²) in [6.07, 6.45) is 6.49. The molecule has 1 fully saturated rings. The molecule has 0 spiro atoms. The van der Waals surface area contributed by atoms with E-state index in [0.29, 0.717) is 11.5 Å². The fourth-order valence-electron chi connectivity index (χ4n) is 2.35. The molecule has 4 nitrogen and oxygen atoms in total. The molecule has 1 aromatic rings. The van der Waals surface area contributed by atoms with Crippen molar-refractivity contribution in [2.45, 2.75) is 60.8 Å². The summed E-state index contributed by atoms with van der Waals surface area (Å²) in [4.78, 5) is 22.9. The van der Waals surface area contributed by atoms with Crippen LogP contribution in [-0.2, 0) is 9.53 Å². The molecule has 1 aromatic carbocycles. The van der Waals surface area contributed by atoms with E-state index in [2.05, 4.69) is 35.7 Å². The van der Waals surface area contributed by atoms with E-state index in [4.69, 9.17) is 4.74 Å². The second-order valence-electron chi connectivity index (χ2n) is 5.57. The molecule has 0 amide bonds. The van der Waals surface area contributed by atoms with Gasteiger partial charge in [-0.05, 0) is 80.7 Å². The molecule has 6 heteroatoms. The minimum absolute atomic E-state index is 0. The highest BCUT2D eigenvalue weighted by Crippen LogP contribution is 2.27. The molecule has 1 heterocycles. The molecular formula is C23H44ClNO3S. The number of esters is 1. The van der Waals surface area contributed by atoms with E-state index >= 15 is 0 Å². The fraction of sp³-hybridized carbons (Fsp3) is 0.652. The molecule has 0 saturated carbocycles. The third-order valence-corrected chi connectivity index (χ3v) is 3.52. The van der Waals surface area contributed by atoms with Crippen LogP contribution in [-0.4, -0.2) is 55.9 Å². The number of hydrogen-bond donors (Lipinski definition) is 0. The quantitative estimate of drug-likeness (QED) is 0.370. The molecule has 0 radical (unpaired) electrons. The summed E-state index contributed by atoms with van der Waals surface area (Å²) >= 11 is 6.39. The van der Waals surface area contributed by atoms with E-state index in [1.807, 2.05) is 52.3 Å². The van der Waals surface area contributed by atoms with Gasteiger partial charge < -0.3 is 9.64 Å². The highest BCUT2D eigenvalue weighted by atomic mass is 35.5. The van der Waals surface area contributed by atoms with Crippen molar-refractivity contribution in [3.8, 4) is 0 Å². The Morgan fingerprint density at radius 2 is 1.38 bits per heavy atom. The lowest BCUT2D eigenvalue weighted by Crippen LogP contribution is -2.29. The van der Waals surface area contributed by atoms with Gasteiger partial charge in [-0.15, -0.1) is 0 Å². The smallest absolute Gasteiger partial charge is 0.337 e. The summed E-state index contributed by atoms with van der Waals surface area (Å²) < 4.78 is 4.69. The first-order chi connectivity index (χ1) is 13.3. The molecular weight excluding hydrogens is 406 g/mol. The van der Waals surface area contributed by atoms with E-state index in [1.165, 1.54) is 32.4 Å². The average molecular weight is 450 g/mol. The zero-order chi connectivity index (χ0) is 22.5. The third-order valence-electron chi connectivity index (χ3n) is 3.52. The Hall–Kier alpha value is -1.04. The summed E-state index contributed by atoms with van der Waals surface area (Å²) in [5, 5.41) is -0.361. The van der Waals surface area contributed by atoms with Crippen molar-refractivity contribution in [2.24, 2.45) is 0 Å². The van der Waals surface area contributed by atoms with E-state index in [9.17, 15) is 9.59 Å². The molecule has 0 aliphatic carbocycles. The molecule has 172 valence electrons. The largest absolute Gasteiger partial charge is 0.465 e. The first kappa shape index (κ1) is 35.4. The van der Waals surface area contributed by atoms with E-state index < -0.39 is 0 Å². The first-order valence-corrected chi connectivity index (χ1v) is 11.8. The molecule has 29 heavy (non-hydrogen) atoms. The number of carbonyl (C=O) groups excluding carboxylic acids is 2. The number of rotatable bonds is 2. The Kier molecular flexibility index (Phi) is 30.5. The van der Waals surface area contributed by atoms with Crippen LogP contribution < -0.4 is 0 Å². The summed E-state index contributed by atoms with van der Waals surface area (Å²) in [6, 6.07) is 7.84. The highest BCUT2D eigenvalue weighted by molar-refractivity contribution is 7.97. The maximum absolute atomic E-state index is 11.3. The van der Waals surface area contributed by atoms with Crippen molar-refractivity contribution in [3.05, 3.63) is 35.4 Å². The number of carbonyl (C=O) groups is 2. The number of benzene rings is 1. The standard InChI is InChI=1S/C14H19NO2.C2H3ClO.C2H6S.2C2H6.CH4/c1-15-9-7-12(8-10-15)11-3-5-13(6-4-11)14(16)17-2;1-2(3)4;1-3-2;2*1-2;/h3-6,12H,7-10H2,1-2H3;1H3;1-2H3;2*1-2H3;1H4. The van der Waals surface area contributed by atoms with Crippen molar-refractivity contribution in [3.63, 3.8) is 0 Å². The first-order valence-electron chi connectivity index (χ1n) is 9.78. The van der Waals surface area contributed by atoms with Crippen LogP contribution in [0.15, 0.2) is 24.3 Å². The lowest BCUT2D eigenvalue weighted by molar-refractivity contribution is -0.109. The summed E-state index contributed by atoms with van der Waals surface area (Å²) in [5.41, 5.74) is 1.97. The zero-order valence-corrected chi connectivity index (χ0v) is 20.7. The Morgan fingerprint density at radius 1 is 1.03 bits per heavy atom. The van der Waals surface area contributed by atoms with E-state index in [-0.39, 0.29) is 18.6 Å². The van der Waals surface area contributed by atoms with Gasteiger partial charge in [0.1, 0.15) is 0 Å². The average Bonchev–Trinajstić information content (AvgIpc) is 2.71. The molecule has 0 aromatic heterocycles.